The van der Waals surface area contributed by atoms with Gasteiger partial charge >= 0.3 is 0 Å². The van der Waals surface area contributed by atoms with Crippen molar-refractivity contribution in [2.45, 2.75) is 43.6 Å². The standard InChI is InChI=1S/C21H25NO2/c1-24-17-6-4-15-10-20-18-7-5-16(23)12-21(18,19(15)11-17)8-9-22(20)13-14-2-3-14/h4-7,11,14,18,20H,2-3,8-10,12-13H2,1H3/t18-,20?,21-/m0/s1. The third-order valence-corrected chi connectivity index (χ3v) is 6.82. The number of ketones is 1. The van der Waals surface area contributed by atoms with Crippen LogP contribution in [0.25, 0.3) is 0 Å². The summed E-state index contributed by atoms with van der Waals surface area (Å²) < 4.78 is 5.49. The smallest absolute Gasteiger partial charge is 0.156 e. The van der Waals surface area contributed by atoms with Crippen molar-refractivity contribution >= 4 is 5.78 Å². The van der Waals surface area contributed by atoms with Crippen LogP contribution in [0.4, 0.5) is 0 Å². The van der Waals surface area contributed by atoms with Gasteiger partial charge in [-0.3, -0.25) is 9.69 Å². The van der Waals surface area contributed by atoms with Gasteiger partial charge in [-0.05, 0) is 67.5 Å². The van der Waals surface area contributed by atoms with Gasteiger partial charge in [0.2, 0.25) is 0 Å². The van der Waals surface area contributed by atoms with Crippen LogP contribution in [0.15, 0.2) is 30.4 Å². The highest BCUT2D eigenvalue weighted by atomic mass is 16.5. The molecular weight excluding hydrogens is 298 g/mol. The summed E-state index contributed by atoms with van der Waals surface area (Å²) >= 11 is 0. The number of hydrogen-bond donors (Lipinski definition) is 0. The van der Waals surface area contributed by atoms with Crippen LogP contribution in [0.1, 0.15) is 36.8 Å². The van der Waals surface area contributed by atoms with Crippen molar-refractivity contribution in [3.63, 3.8) is 0 Å². The highest BCUT2D eigenvalue weighted by molar-refractivity contribution is 5.92. The van der Waals surface area contributed by atoms with E-state index < -0.39 is 0 Å². The molecule has 2 fully saturated rings. The molecule has 3 aliphatic carbocycles. The molecule has 1 heterocycles. The molecule has 3 atom stereocenters. The van der Waals surface area contributed by atoms with Crippen molar-refractivity contribution in [2.75, 3.05) is 20.2 Å². The molecule has 3 heteroatoms. The number of piperidine rings is 1. The molecule has 0 N–H and O–H groups in total. The Morgan fingerprint density at radius 2 is 2.21 bits per heavy atom. The van der Waals surface area contributed by atoms with E-state index in [-0.39, 0.29) is 11.2 Å². The Morgan fingerprint density at radius 1 is 1.33 bits per heavy atom. The van der Waals surface area contributed by atoms with Gasteiger partial charge in [0.1, 0.15) is 5.75 Å². The zero-order chi connectivity index (χ0) is 16.3. The number of benzene rings is 1. The van der Waals surface area contributed by atoms with Crippen molar-refractivity contribution < 1.29 is 9.53 Å². The number of likely N-dealkylation sites (tertiary alicyclic amines) is 1. The van der Waals surface area contributed by atoms with Crippen LogP contribution in [0.2, 0.25) is 0 Å². The Labute approximate surface area is 143 Å². The lowest BCUT2D eigenvalue weighted by Crippen LogP contribution is -2.61. The lowest BCUT2D eigenvalue weighted by molar-refractivity contribution is -0.118. The molecule has 24 heavy (non-hydrogen) atoms. The number of methoxy groups -OCH3 is 1. The Bertz CT molecular complexity index is 721. The van der Waals surface area contributed by atoms with Crippen LogP contribution >= 0.6 is 0 Å². The van der Waals surface area contributed by atoms with E-state index in [0.717, 1.165) is 31.1 Å². The van der Waals surface area contributed by atoms with Gasteiger partial charge in [-0.25, -0.2) is 0 Å². The van der Waals surface area contributed by atoms with E-state index in [1.54, 1.807) is 7.11 Å². The largest absolute Gasteiger partial charge is 0.497 e. The Balaban J connectivity index is 1.62. The third-order valence-electron chi connectivity index (χ3n) is 6.82. The highest BCUT2D eigenvalue weighted by Crippen LogP contribution is 2.54. The van der Waals surface area contributed by atoms with Crippen molar-refractivity contribution in [3.8, 4) is 5.75 Å². The monoisotopic (exact) mass is 323 g/mol. The molecule has 126 valence electrons. The zero-order valence-electron chi connectivity index (χ0n) is 14.3. The fraction of sp³-hybridized carbons (Fsp3) is 0.571. The maximum Gasteiger partial charge on any atom is 0.156 e. The van der Waals surface area contributed by atoms with E-state index in [9.17, 15) is 4.79 Å². The molecular formula is C21H25NO2. The van der Waals surface area contributed by atoms with Gasteiger partial charge < -0.3 is 4.74 Å². The molecule has 2 bridgehead atoms. The van der Waals surface area contributed by atoms with E-state index in [4.69, 9.17) is 4.74 Å². The van der Waals surface area contributed by atoms with Crippen LogP contribution in [0.5, 0.6) is 5.75 Å². The summed E-state index contributed by atoms with van der Waals surface area (Å²) in [4.78, 5) is 15.0. The van der Waals surface area contributed by atoms with Crippen LogP contribution in [-0.4, -0.2) is 36.9 Å². The van der Waals surface area contributed by atoms with Crippen LogP contribution < -0.4 is 4.74 Å². The number of nitrogens with zero attached hydrogens (tertiary/aromatic N) is 1. The maximum absolute atomic E-state index is 12.3. The zero-order valence-corrected chi connectivity index (χ0v) is 14.3. The van der Waals surface area contributed by atoms with Crippen molar-refractivity contribution in [3.05, 3.63) is 41.5 Å². The second-order valence-electron chi connectivity index (χ2n) is 8.17. The van der Waals surface area contributed by atoms with E-state index in [1.807, 2.05) is 6.08 Å². The minimum atomic E-state index is -0.00132. The van der Waals surface area contributed by atoms with Gasteiger partial charge in [-0.2, -0.15) is 0 Å². The molecule has 0 spiro atoms. The lowest BCUT2D eigenvalue weighted by atomic mass is 9.54. The summed E-state index contributed by atoms with van der Waals surface area (Å²) in [6.45, 7) is 2.39. The fourth-order valence-corrected chi connectivity index (χ4v) is 5.44. The SMILES string of the molecule is COc1ccc2c(c1)[C@]13CCN(CC4CC4)C(C2)[C@@H]1C=CC(=O)C3. The molecule has 4 aliphatic rings. The average molecular weight is 323 g/mol. The topological polar surface area (TPSA) is 29.5 Å². The molecule has 0 radical (unpaired) electrons. The summed E-state index contributed by atoms with van der Waals surface area (Å²) in [6.07, 6.45) is 9.76. The van der Waals surface area contributed by atoms with E-state index >= 15 is 0 Å². The molecule has 0 amide bonds. The molecule has 0 aromatic heterocycles. The van der Waals surface area contributed by atoms with Gasteiger partial charge in [0, 0.05) is 30.3 Å². The number of ether oxygens (including phenoxy) is 1. The summed E-state index contributed by atoms with van der Waals surface area (Å²) in [5.41, 5.74) is 2.81. The normalized spacial score (nSPS) is 34.6. The first-order valence-corrected chi connectivity index (χ1v) is 9.32. The first-order chi connectivity index (χ1) is 11.7. The summed E-state index contributed by atoms with van der Waals surface area (Å²) in [6, 6.07) is 7.09. The number of carbonyl (C=O) groups excluding carboxylic acids is 1. The minimum absolute atomic E-state index is 0.00132. The molecule has 1 saturated heterocycles. The fourth-order valence-electron chi connectivity index (χ4n) is 5.44. The molecule has 1 saturated carbocycles. The number of fused-ring (bicyclic) bond motifs is 1. The molecule has 3 nitrogen and oxygen atoms in total. The van der Waals surface area contributed by atoms with Crippen LogP contribution in [-0.2, 0) is 16.6 Å². The summed E-state index contributed by atoms with van der Waals surface area (Å²) in [5.74, 6) is 2.60. The molecule has 1 unspecified atom stereocenters. The first-order valence-electron chi connectivity index (χ1n) is 9.32. The predicted octanol–water partition coefficient (Wildman–Crippen LogP) is 3.12. The van der Waals surface area contributed by atoms with Gasteiger partial charge in [-0.1, -0.05) is 12.1 Å². The Hall–Kier alpha value is -1.61. The van der Waals surface area contributed by atoms with Crippen LogP contribution in [0.3, 0.4) is 0 Å². The van der Waals surface area contributed by atoms with Gasteiger partial charge in [0.25, 0.3) is 0 Å². The molecule has 1 aromatic rings. The third kappa shape index (κ3) is 2.10. The predicted molar refractivity (Wildman–Crippen MR) is 93.3 cm³/mol. The van der Waals surface area contributed by atoms with E-state index in [1.165, 1.54) is 30.5 Å². The second-order valence-corrected chi connectivity index (χ2v) is 8.17. The average Bonchev–Trinajstić information content (AvgIpc) is 3.41. The van der Waals surface area contributed by atoms with Gasteiger partial charge in [0.05, 0.1) is 7.11 Å². The number of hydrogen-bond acceptors (Lipinski definition) is 3. The van der Waals surface area contributed by atoms with Gasteiger partial charge in [-0.15, -0.1) is 0 Å². The first kappa shape index (κ1) is 14.7. The van der Waals surface area contributed by atoms with Crippen molar-refractivity contribution in [1.82, 2.24) is 4.90 Å². The quantitative estimate of drug-likeness (QED) is 0.856. The summed E-state index contributed by atoms with van der Waals surface area (Å²) in [7, 11) is 1.73. The minimum Gasteiger partial charge on any atom is -0.497 e. The lowest BCUT2D eigenvalue weighted by Gasteiger charge is -2.57. The Kier molecular flexibility index (Phi) is 3.18. The number of carbonyl (C=O) groups is 1. The molecule has 1 aliphatic heterocycles. The molecule has 5 rings (SSSR count). The Morgan fingerprint density at radius 3 is 3.00 bits per heavy atom. The second kappa shape index (κ2) is 5.19. The van der Waals surface area contributed by atoms with E-state index in [0.29, 0.717) is 18.4 Å². The van der Waals surface area contributed by atoms with Gasteiger partial charge in [0.15, 0.2) is 5.78 Å². The number of allylic oxidation sites excluding steroid dienone is 1. The van der Waals surface area contributed by atoms with Crippen LogP contribution in [0, 0.1) is 11.8 Å². The molecule has 1 aromatic carbocycles. The number of rotatable bonds is 3. The summed E-state index contributed by atoms with van der Waals surface area (Å²) in [5, 5.41) is 0. The van der Waals surface area contributed by atoms with Crippen molar-refractivity contribution in [1.29, 1.82) is 0 Å². The van der Waals surface area contributed by atoms with E-state index in [2.05, 4.69) is 29.2 Å². The van der Waals surface area contributed by atoms with Crippen molar-refractivity contribution in [2.24, 2.45) is 11.8 Å². The highest BCUT2D eigenvalue weighted by Gasteiger charge is 2.54. The maximum atomic E-state index is 12.3.